The van der Waals surface area contributed by atoms with Gasteiger partial charge in [-0.05, 0) is 32.9 Å². The molecule has 7 heteroatoms. The maximum atomic E-state index is 13.4. The number of nitrogens with zero attached hydrogens (tertiary/aromatic N) is 1. The molecule has 0 atom stereocenters. The highest BCUT2D eigenvalue weighted by Gasteiger charge is 2.24. The van der Waals surface area contributed by atoms with Crippen molar-refractivity contribution in [2.45, 2.75) is 39.7 Å². The number of halogens is 3. The van der Waals surface area contributed by atoms with Gasteiger partial charge in [0.05, 0.1) is 5.69 Å². The van der Waals surface area contributed by atoms with Crippen LogP contribution in [0.2, 0.25) is 0 Å². The van der Waals surface area contributed by atoms with Crippen molar-refractivity contribution in [2.24, 2.45) is 0 Å². The van der Waals surface area contributed by atoms with Gasteiger partial charge in [0.1, 0.15) is 0 Å². The summed E-state index contributed by atoms with van der Waals surface area (Å²) in [6.07, 6.45) is -0.0880. The highest BCUT2D eigenvalue weighted by atomic mass is 19.2. The van der Waals surface area contributed by atoms with Gasteiger partial charge >= 0.3 is 0 Å². The molecule has 2 amide bonds. The Balaban J connectivity index is 2.72. The largest absolute Gasteiger partial charge is 0.338 e. The first-order valence-corrected chi connectivity index (χ1v) is 6.75. The van der Waals surface area contributed by atoms with E-state index in [1.165, 1.54) is 11.8 Å². The topological polar surface area (TPSA) is 49.4 Å². The third-order valence-electron chi connectivity index (χ3n) is 3.06. The minimum Gasteiger partial charge on any atom is -0.338 e. The van der Waals surface area contributed by atoms with Crippen LogP contribution in [0.1, 0.15) is 34.1 Å². The molecule has 0 radical (unpaired) electrons. The predicted octanol–water partition coefficient (Wildman–Crippen LogP) is 3.08. The molecule has 0 aliphatic heterocycles. The van der Waals surface area contributed by atoms with Gasteiger partial charge in [-0.25, -0.2) is 13.2 Å². The Kier molecular flexibility index (Phi) is 5.57. The third-order valence-corrected chi connectivity index (χ3v) is 3.06. The quantitative estimate of drug-likeness (QED) is 0.868. The number of rotatable bonds is 4. The van der Waals surface area contributed by atoms with E-state index in [2.05, 4.69) is 5.32 Å². The highest BCUT2D eigenvalue weighted by Crippen LogP contribution is 2.20. The monoisotopic (exact) mass is 316 g/mol. The first-order valence-electron chi connectivity index (χ1n) is 6.75. The van der Waals surface area contributed by atoms with Gasteiger partial charge in [-0.1, -0.05) is 0 Å². The minimum absolute atomic E-state index is 0.0880. The predicted molar refractivity (Wildman–Crippen MR) is 76.7 cm³/mol. The Bertz CT molecular complexity index is 583. The van der Waals surface area contributed by atoms with Crippen molar-refractivity contribution >= 4 is 17.5 Å². The molecule has 0 aromatic heterocycles. The summed E-state index contributed by atoms with van der Waals surface area (Å²) in [7, 11) is 0. The van der Waals surface area contributed by atoms with Crippen LogP contribution in [-0.4, -0.2) is 28.8 Å². The highest BCUT2D eigenvalue weighted by molar-refractivity contribution is 5.91. The number of benzene rings is 1. The molecule has 0 unspecified atom stereocenters. The first kappa shape index (κ1) is 18.0. The minimum atomic E-state index is -1.64. The standard InChI is InChI=1S/C15H19F3N2O2/c1-9(21)20(15(2,3)4)8-7-12(22)19-11-6-5-10(16)13(17)14(11)18/h5-6H,7-8H2,1-4H3,(H,19,22). The molecule has 0 aliphatic carbocycles. The molecule has 4 nitrogen and oxygen atoms in total. The number of anilines is 1. The van der Waals surface area contributed by atoms with Gasteiger partial charge in [-0.15, -0.1) is 0 Å². The van der Waals surface area contributed by atoms with Crippen LogP contribution in [0.3, 0.4) is 0 Å². The Morgan fingerprint density at radius 1 is 1.14 bits per heavy atom. The number of hydrogen-bond acceptors (Lipinski definition) is 2. The molecule has 1 rings (SSSR count). The number of hydrogen-bond donors (Lipinski definition) is 1. The van der Waals surface area contributed by atoms with Crippen molar-refractivity contribution in [3.63, 3.8) is 0 Å². The van der Waals surface area contributed by atoms with Crippen LogP contribution in [0.4, 0.5) is 18.9 Å². The molecule has 0 spiro atoms. The molecule has 1 N–H and O–H groups in total. The molecule has 0 heterocycles. The summed E-state index contributed by atoms with van der Waals surface area (Å²) < 4.78 is 39.3. The second-order valence-corrected chi connectivity index (χ2v) is 5.86. The summed E-state index contributed by atoms with van der Waals surface area (Å²) in [6.45, 7) is 6.98. The average Bonchev–Trinajstić information content (AvgIpc) is 2.37. The van der Waals surface area contributed by atoms with Gasteiger partial charge in [-0.3, -0.25) is 9.59 Å². The van der Waals surface area contributed by atoms with E-state index in [9.17, 15) is 22.8 Å². The average molecular weight is 316 g/mol. The zero-order chi connectivity index (χ0) is 17.1. The van der Waals surface area contributed by atoms with E-state index in [4.69, 9.17) is 0 Å². The zero-order valence-electron chi connectivity index (χ0n) is 13.0. The van der Waals surface area contributed by atoms with Crippen LogP contribution < -0.4 is 5.32 Å². The molecule has 1 aromatic carbocycles. The van der Waals surface area contributed by atoms with Crippen molar-refractivity contribution < 1.29 is 22.8 Å². The van der Waals surface area contributed by atoms with Gasteiger partial charge in [0.25, 0.3) is 0 Å². The van der Waals surface area contributed by atoms with Gasteiger partial charge in [-0.2, -0.15) is 0 Å². The number of amides is 2. The lowest BCUT2D eigenvalue weighted by atomic mass is 10.1. The van der Waals surface area contributed by atoms with Crippen molar-refractivity contribution in [1.29, 1.82) is 0 Å². The first-order chi connectivity index (χ1) is 10.0. The number of nitrogens with one attached hydrogen (secondary N) is 1. The van der Waals surface area contributed by atoms with Crippen LogP contribution in [0.15, 0.2) is 12.1 Å². The maximum Gasteiger partial charge on any atom is 0.226 e. The van der Waals surface area contributed by atoms with E-state index in [1.54, 1.807) is 0 Å². The van der Waals surface area contributed by atoms with Crippen molar-refractivity contribution in [3.8, 4) is 0 Å². The summed E-state index contributed by atoms with van der Waals surface area (Å²) in [4.78, 5) is 24.8. The Labute approximate surface area is 127 Å². The van der Waals surface area contributed by atoms with E-state index in [1.807, 2.05) is 20.8 Å². The van der Waals surface area contributed by atoms with Gasteiger partial charge in [0, 0.05) is 25.4 Å². The van der Waals surface area contributed by atoms with Gasteiger partial charge in [0.15, 0.2) is 17.5 Å². The summed E-state index contributed by atoms with van der Waals surface area (Å²) in [5.41, 5.74) is -0.895. The Hall–Kier alpha value is -2.05. The molecule has 0 saturated carbocycles. The van der Waals surface area contributed by atoms with Gasteiger partial charge in [0.2, 0.25) is 11.8 Å². The summed E-state index contributed by atoms with van der Waals surface area (Å²) in [5, 5.41) is 2.17. The molecule has 1 aromatic rings. The lowest BCUT2D eigenvalue weighted by molar-refractivity contribution is -0.134. The smallest absolute Gasteiger partial charge is 0.226 e. The number of carbonyl (C=O) groups is 2. The van der Waals surface area contributed by atoms with E-state index in [-0.39, 0.29) is 18.9 Å². The second-order valence-electron chi connectivity index (χ2n) is 5.86. The Morgan fingerprint density at radius 2 is 1.73 bits per heavy atom. The zero-order valence-corrected chi connectivity index (χ0v) is 13.0. The summed E-state index contributed by atoms with van der Waals surface area (Å²) in [5.74, 6) is -5.21. The van der Waals surface area contributed by atoms with E-state index in [0.717, 1.165) is 12.1 Å². The molecular formula is C15H19F3N2O2. The molecule has 22 heavy (non-hydrogen) atoms. The molecule has 0 saturated heterocycles. The van der Waals surface area contributed by atoms with Crippen LogP contribution in [0, 0.1) is 17.5 Å². The lowest BCUT2D eigenvalue weighted by Crippen LogP contribution is -2.45. The SMILES string of the molecule is CC(=O)N(CCC(=O)Nc1ccc(F)c(F)c1F)C(C)(C)C. The fourth-order valence-electron chi connectivity index (χ4n) is 2.01. The fourth-order valence-corrected chi connectivity index (χ4v) is 2.01. The Morgan fingerprint density at radius 3 is 2.23 bits per heavy atom. The van der Waals surface area contributed by atoms with Crippen molar-refractivity contribution in [3.05, 3.63) is 29.6 Å². The normalized spacial score (nSPS) is 11.2. The van der Waals surface area contributed by atoms with E-state index in [0.29, 0.717) is 0 Å². The van der Waals surface area contributed by atoms with Crippen molar-refractivity contribution in [1.82, 2.24) is 4.90 Å². The third kappa shape index (κ3) is 4.47. The van der Waals surface area contributed by atoms with E-state index >= 15 is 0 Å². The molecule has 0 aliphatic rings. The van der Waals surface area contributed by atoms with Crippen LogP contribution in [0.5, 0.6) is 0 Å². The maximum absolute atomic E-state index is 13.4. The van der Waals surface area contributed by atoms with Crippen LogP contribution in [-0.2, 0) is 9.59 Å². The molecular weight excluding hydrogens is 297 g/mol. The fraction of sp³-hybridized carbons (Fsp3) is 0.467. The molecule has 122 valence electrons. The molecule has 0 fully saturated rings. The van der Waals surface area contributed by atoms with Crippen LogP contribution >= 0.6 is 0 Å². The molecule has 0 bridgehead atoms. The van der Waals surface area contributed by atoms with Crippen LogP contribution in [0.25, 0.3) is 0 Å². The van der Waals surface area contributed by atoms with Crippen molar-refractivity contribution in [2.75, 3.05) is 11.9 Å². The summed E-state index contributed by atoms with van der Waals surface area (Å²) in [6, 6.07) is 1.67. The second kappa shape index (κ2) is 6.81. The number of carbonyl (C=O) groups excluding carboxylic acids is 2. The van der Waals surface area contributed by atoms with E-state index < -0.39 is 34.6 Å². The summed E-state index contributed by atoms with van der Waals surface area (Å²) >= 11 is 0. The lowest BCUT2D eigenvalue weighted by Gasteiger charge is -2.34. The van der Waals surface area contributed by atoms with Gasteiger partial charge < -0.3 is 10.2 Å².